The maximum atomic E-state index is 12.3. The lowest BCUT2D eigenvalue weighted by atomic mass is 10.2. The molecule has 0 bridgehead atoms. The fourth-order valence-electron chi connectivity index (χ4n) is 1.21. The minimum Gasteiger partial charge on any atom is -0.396 e. The van der Waals surface area contributed by atoms with E-state index in [0.717, 1.165) is 12.3 Å². The summed E-state index contributed by atoms with van der Waals surface area (Å²) in [7, 11) is 0. The summed E-state index contributed by atoms with van der Waals surface area (Å²) in [6.07, 6.45) is -2.25. The normalized spacial score (nSPS) is 11.7. The van der Waals surface area contributed by atoms with E-state index in [-0.39, 0.29) is 0 Å². The second-order valence-corrected chi connectivity index (χ2v) is 3.13. The Morgan fingerprint density at radius 1 is 1.19 bits per heavy atom. The molecular weight excluding hydrogens is 221 g/mol. The summed E-state index contributed by atoms with van der Waals surface area (Å²) in [5.74, 6) is 0. The molecular formula is C9H7F3N4. The van der Waals surface area contributed by atoms with Crippen LogP contribution >= 0.6 is 0 Å². The Kier molecular flexibility index (Phi) is 2.30. The Morgan fingerprint density at radius 2 is 1.94 bits per heavy atom. The molecule has 0 aliphatic heterocycles. The molecule has 2 aromatic rings. The van der Waals surface area contributed by atoms with Gasteiger partial charge in [0, 0.05) is 6.20 Å². The average molecular weight is 228 g/mol. The Labute approximate surface area is 88.3 Å². The van der Waals surface area contributed by atoms with Crippen molar-refractivity contribution >= 4 is 5.69 Å². The first-order valence-corrected chi connectivity index (χ1v) is 4.31. The van der Waals surface area contributed by atoms with Crippen molar-refractivity contribution in [3.63, 3.8) is 0 Å². The summed E-state index contributed by atoms with van der Waals surface area (Å²) < 4.78 is 36.8. The lowest BCUT2D eigenvalue weighted by molar-refractivity contribution is -0.137. The summed E-state index contributed by atoms with van der Waals surface area (Å²) >= 11 is 0. The molecule has 2 aromatic heterocycles. The van der Waals surface area contributed by atoms with Gasteiger partial charge in [0.1, 0.15) is 5.69 Å². The molecule has 0 aliphatic rings. The number of hydrogen-bond donors (Lipinski definition) is 2. The molecule has 2 heterocycles. The number of nitrogens with zero attached hydrogens (tertiary/aromatic N) is 2. The number of H-pyrrole nitrogens is 1. The van der Waals surface area contributed by atoms with Crippen molar-refractivity contribution in [2.24, 2.45) is 0 Å². The number of nitrogens with one attached hydrogen (secondary N) is 1. The quantitative estimate of drug-likeness (QED) is 0.785. The molecule has 2 rings (SSSR count). The maximum absolute atomic E-state index is 12.3. The van der Waals surface area contributed by atoms with Crippen LogP contribution in [0.3, 0.4) is 0 Å². The van der Waals surface area contributed by atoms with Gasteiger partial charge in [-0.1, -0.05) is 0 Å². The van der Waals surface area contributed by atoms with Crippen molar-refractivity contribution in [2.75, 3.05) is 5.73 Å². The van der Waals surface area contributed by atoms with Gasteiger partial charge in [0.05, 0.1) is 23.1 Å². The third-order valence-electron chi connectivity index (χ3n) is 2.02. The van der Waals surface area contributed by atoms with Crippen LogP contribution in [0.4, 0.5) is 18.9 Å². The second kappa shape index (κ2) is 3.51. The van der Waals surface area contributed by atoms with Crippen LogP contribution in [0.2, 0.25) is 0 Å². The van der Waals surface area contributed by atoms with Gasteiger partial charge in [-0.05, 0) is 12.1 Å². The van der Waals surface area contributed by atoms with Gasteiger partial charge in [-0.25, -0.2) is 0 Å². The van der Waals surface area contributed by atoms with Crippen molar-refractivity contribution in [3.05, 3.63) is 30.1 Å². The standard InChI is InChI=1S/C9H7F3N4/c10-9(11,12)5-1-2-7(14-3-5)8-6(13)4-15-16-8/h1-4H,13H2,(H,15,16). The van der Waals surface area contributed by atoms with Crippen molar-refractivity contribution in [1.82, 2.24) is 15.2 Å². The molecule has 7 heteroatoms. The lowest BCUT2D eigenvalue weighted by Crippen LogP contribution is -2.05. The van der Waals surface area contributed by atoms with Crippen molar-refractivity contribution in [1.29, 1.82) is 0 Å². The Bertz CT molecular complexity index is 486. The number of alkyl halides is 3. The minimum absolute atomic E-state index is 0.322. The van der Waals surface area contributed by atoms with Gasteiger partial charge in [0.2, 0.25) is 0 Å². The van der Waals surface area contributed by atoms with Gasteiger partial charge in [0.25, 0.3) is 0 Å². The molecule has 0 radical (unpaired) electrons. The van der Waals surface area contributed by atoms with Crippen LogP contribution in [0.1, 0.15) is 5.56 Å². The highest BCUT2D eigenvalue weighted by Crippen LogP contribution is 2.30. The van der Waals surface area contributed by atoms with E-state index >= 15 is 0 Å². The molecule has 0 unspecified atom stereocenters. The second-order valence-electron chi connectivity index (χ2n) is 3.13. The number of aromatic amines is 1. The molecule has 0 fully saturated rings. The average Bonchev–Trinajstić information content (AvgIpc) is 2.63. The molecule has 0 amide bonds. The first-order valence-electron chi connectivity index (χ1n) is 4.31. The van der Waals surface area contributed by atoms with Crippen LogP contribution in [0, 0.1) is 0 Å². The summed E-state index contributed by atoms with van der Waals surface area (Å²) in [5.41, 5.74) is 5.82. The number of pyridine rings is 1. The number of nitrogens with two attached hydrogens (primary N) is 1. The number of aromatic nitrogens is 3. The number of anilines is 1. The maximum Gasteiger partial charge on any atom is 0.417 e. The van der Waals surface area contributed by atoms with E-state index in [2.05, 4.69) is 15.2 Å². The summed E-state index contributed by atoms with van der Waals surface area (Å²) in [4.78, 5) is 3.68. The molecule has 0 saturated carbocycles. The zero-order chi connectivity index (χ0) is 11.8. The van der Waals surface area contributed by atoms with E-state index in [1.54, 1.807) is 0 Å². The molecule has 0 saturated heterocycles. The van der Waals surface area contributed by atoms with E-state index in [0.29, 0.717) is 17.1 Å². The molecule has 0 spiro atoms. The Morgan fingerprint density at radius 3 is 2.38 bits per heavy atom. The first-order chi connectivity index (χ1) is 7.48. The lowest BCUT2D eigenvalue weighted by Gasteiger charge is -2.06. The number of nitrogen functional groups attached to an aromatic ring is 1. The van der Waals surface area contributed by atoms with Crippen LogP contribution in [0.5, 0.6) is 0 Å². The molecule has 0 aromatic carbocycles. The highest BCUT2D eigenvalue weighted by molar-refractivity contribution is 5.68. The predicted molar refractivity (Wildman–Crippen MR) is 51.2 cm³/mol. The highest BCUT2D eigenvalue weighted by atomic mass is 19.4. The zero-order valence-electron chi connectivity index (χ0n) is 7.92. The fraction of sp³-hybridized carbons (Fsp3) is 0.111. The minimum atomic E-state index is -4.38. The number of rotatable bonds is 1. The SMILES string of the molecule is Nc1cn[nH]c1-c1ccc(C(F)(F)F)cn1. The summed E-state index contributed by atoms with van der Waals surface area (Å²) in [6.45, 7) is 0. The highest BCUT2D eigenvalue weighted by Gasteiger charge is 2.30. The Balaban J connectivity index is 2.37. The molecule has 0 atom stereocenters. The number of hydrogen-bond acceptors (Lipinski definition) is 3. The first kappa shape index (κ1) is 10.5. The van der Waals surface area contributed by atoms with Crippen LogP contribution in [-0.4, -0.2) is 15.2 Å². The van der Waals surface area contributed by atoms with Crippen molar-refractivity contribution in [2.45, 2.75) is 6.18 Å². The van der Waals surface area contributed by atoms with Gasteiger partial charge in [-0.3, -0.25) is 10.1 Å². The fourth-order valence-corrected chi connectivity index (χ4v) is 1.21. The van der Waals surface area contributed by atoms with Gasteiger partial charge < -0.3 is 5.73 Å². The largest absolute Gasteiger partial charge is 0.417 e. The third-order valence-corrected chi connectivity index (χ3v) is 2.02. The van der Waals surface area contributed by atoms with Gasteiger partial charge in [-0.15, -0.1) is 0 Å². The monoisotopic (exact) mass is 228 g/mol. The van der Waals surface area contributed by atoms with Gasteiger partial charge >= 0.3 is 6.18 Å². The van der Waals surface area contributed by atoms with E-state index in [9.17, 15) is 13.2 Å². The third kappa shape index (κ3) is 1.83. The van der Waals surface area contributed by atoms with Crippen LogP contribution in [-0.2, 0) is 6.18 Å². The van der Waals surface area contributed by atoms with Crippen molar-refractivity contribution < 1.29 is 13.2 Å². The van der Waals surface area contributed by atoms with Crippen molar-refractivity contribution in [3.8, 4) is 11.4 Å². The molecule has 16 heavy (non-hydrogen) atoms. The van der Waals surface area contributed by atoms with E-state index in [1.165, 1.54) is 12.3 Å². The van der Waals surface area contributed by atoms with E-state index in [1.807, 2.05) is 0 Å². The zero-order valence-corrected chi connectivity index (χ0v) is 7.92. The van der Waals surface area contributed by atoms with Crippen LogP contribution in [0.25, 0.3) is 11.4 Å². The van der Waals surface area contributed by atoms with Crippen LogP contribution < -0.4 is 5.73 Å². The Hall–Kier alpha value is -2.05. The molecule has 0 aliphatic carbocycles. The summed E-state index contributed by atoms with van der Waals surface area (Å²) in [5, 5.41) is 6.22. The summed E-state index contributed by atoms with van der Waals surface area (Å²) in [6, 6.07) is 2.19. The van der Waals surface area contributed by atoms with E-state index in [4.69, 9.17) is 5.73 Å². The number of halogens is 3. The van der Waals surface area contributed by atoms with Crippen LogP contribution in [0.15, 0.2) is 24.5 Å². The topological polar surface area (TPSA) is 67.6 Å². The molecule has 3 N–H and O–H groups in total. The predicted octanol–water partition coefficient (Wildman–Crippen LogP) is 2.07. The van der Waals surface area contributed by atoms with E-state index < -0.39 is 11.7 Å². The molecule has 4 nitrogen and oxygen atoms in total. The molecule has 84 valence electrons. The van der Waals surface area contributed by atoms with Gasteiger partial charge in [-0.2, -0.15) is 18.3 Å². The van der Waals surface area contributed by atoms with Gasteiger partial charge in [0.15, 0.2) is 0 Å². The smallest absolute Gasteiger partial charge is 0.396 e.